The van der Waals surface area contributed by atoms with Gasteiger partial charge in [0.1, 0.15) is 5.76 Å². The molecule has 1 aromatic carbocycles. The zero-order valence-electron chi connectivity index (χ0n) is 18.0. The van der Waals surface area contributed by atoms with Crippen LogP contribution in [0.3, 0.4) is 0 Å². The number of aryl methyl sites for hydroxylation is 2. The summed E-state index contributed by atoms with van der Waals surface area (Å²) in [5, 5.41) is 13.3. The fourth-order valence-electron chi connectivity index (χ4n) is 3.78. The third-order valence-corrected chi connectivity index (χ3v) is 6.58. The summed E-state index contributed by atoms with van der Waals surface area (Å²) in [5.74, 6) is -1.21. The van der Waals surface area contributed by atoms with Gasteiger partial charge < -0.3 is 10.0 Å². The molecule has 2 heterocycles. The molecule has 154 valence electrons. The van der Waals surface area contributed by atoms with Crippen molar-refractivity contribution in [2.45, 2.75) is 59.4 Å². The van der Waals surface area contributed by atoms with Gasteiger partial charge >= 0.3 is 0 Å². The molecule has 1 N–H and O–H groups in total. The molecule has 1 fully saturated rings. The molecular formula is C24H29NO3S. The van der Waals surface area contributed by atoms with Crippen molar-refractivity contribution in [1.82, 2.24) is 4.90 Å². The van der Waals surface area contributed by atoms with Crippen molar-refractivity contribution in [2.24, 2.45) is 0 Å². The number of rotatable bonds is 4. The highest BCUT2D eigenvalue weighted by molar-refractivity contribution is 7.10. The highest BCUT2D eigenvalue weighted by Crippen LogP contribution is 2.43. The Morgan fingerprint density at radius 1 is 1.14 bits per heavy atom. The van der Waals surface area contributed by atoms with Crippen LogP contribution in [-0.4, -0.2) is 28.2 Å². The van der Waals surface area contributed by atoms with Crippen molar-refractivity contribution in [2.75, 3.05) is 6.54 Å². The van der Waals surface area contributed by atoms with Gasteiger partial charge in [0.2, 0.25) is 0 Å². The number of carbonyl (C=O) groups excluding carboxylic acids is 2. The second-order valence-corrected chi connectivity index (χ2v) is 9.69. The number of benzene rings is 1. The Labute approximate surface area is 176 Å². The zero-order chi connectivity index (χ0) is 21.5. The Kier molecular flexibility index (Phi) is 5.72. The van der Waals surface area contributed by atoms with E-state index in [0.29, 0.717) is 12.1 Å². The second kappa shape index (κ2) is 7.79. The van der Waals surface area contributed by atoms with Gasteiger partial charge in [0, 0.05) is 17.0 Å². The monoisotopic (exact) mass is 411 g/mol. The molecule has 1 saturated heterocycles. The molecule has 1 aliphatic heterocycles. The number of hydrogen-bond donors (Lipinski definition) is 1. The van der Waals surface area contributed by atoms with E-state index in [9.17, 15) is 14.7 Å². The van der Waals surface area contributed by atoms with Crippen LogP contribution in [0, 0.1) is 13.8 Å². The Morgan fingerprint density at radius 2 is 1.83 bits per heavy atom. The van der Waals surface area contributed by atoms with Gasteiger partial charge in [-0.25, -0.2) is 0 Å². The lowest BCUT2D eigenvalue weighted by Gasteiger charge is -2.25. The van der Waals surface area contributed by atoms with E-state index < -0.39 is 17.7 Å². The molecular weight excluding hydrogens is 382 g/mol. The number of Topliss-reactive ketones (excluding diaryl/α,β-unsaturated/α-hetero) is 1. The maximum absolute atomic E-state index is 13.0. The molecule has 1 unspecified atom stereocenters. The van der Waals surface area contributed by atoms with E-state index in [1.165, 1.54) is 11.3 Å². The molecule has 4 nitrogen and oxygen atoms in total. The zero-order valence-corrected chi connectivity index (χ0v) is 18.8. The molecule has 0 radical (unpaired) electrons. The first-order chi connectivity index (χ1) is 13.6. The van der Waals surface area contributed by atoms with Gasteiger partial charge in [0.05, 0.1) is 11.6 Å². The molecule has 1 aromatic heterocycles. The first kappa shape index (κ1) is 21.3. The van der Waals surface area contributed by atoms with Crippen LogP contribution in [0.1, 0.15) is 67.3 Å². The van der Waals surface area contributed by atoms with Gasteiger partial charge in [-0.05, 0) is 59.9 Å². The number of aliphatic hydroxyl groups excluding tert-OH is 1. The first-order valence-corrected chi connectivity index (χ1v) is 10.9. The number of aliphatic hydroxyl groups is 1. The van der Waals surface area contributed by atoms with E-state index in [2.05, 4.69) is 20.8 Å². The number of hydrogen-bond acceptors (Lipinski definition) is 4. The molecule has 0 aliphatic carbocycles. The van der Waals surface area contributed by atoms with E-state index in [1.807, 2.05) is 50.4 Å². The van der Waals surface area contributed by atoms with Crippen molar-refractivity contribution in [3.05, 3.63) is 62.3 Å². The summed E-state index contributed by atoms with van der Waals surface area (Å²) in [4.78, 5) is 28.4. The average molecular weight is 412 g/mol. The molecule has 2 aromatic rings. The Hall–Kier alpha value is -2.40. The van der Waals surface area contributed by atoms with E-state index in [-0.39, 0.29) is 16.7 Å². The number of carbonyl (C=O) groups is 2. The quantitative estimate of drug-likeness (QED) is 0.411. The van der Waals surface area contributed by atoms with Crippen LogP contribution in [0.2, 0.25) is 0 Å². The van der Waals surface area contributed by atoms with Crippen molar-refractivity contribution < 1.29 is 14.7 Å². The normalized spacial score (nSPS) is 19.2. The summed E-state index contributed by atoms with van der Waals surface area (Å²) in [7, 11) is 0. The molecule has 0 spiro atoms. The number of amides is 1. The molecule has 3 rings (SSSR count). The topological polar surface area (TPSA) is 57.6 Å². The Morgan fingerprint density at radius 3 is 2.38 bits per heavy atom. The number of likely N-dealkylation sites (tertiary alicyclic amines) is 1. The summed E-state index contributed by atoms with van der Waals surface area (Å²) < 4.78 is 0. The Balaban J connectivity index is 2.25. The lowest BCUT2D eigenvalue weighted by molar-refractivity contribution is -0.139. The number of thiophene rings is 1. The predicted molar refractivity (Wildman–Crippen MR) is 118 cm³/mol. The minimum absolute atomic E-state index is 0.0802. The number of ketones is 1. The van der Waals surface area contributed by atoms with E-state index in [1.54, 1.807) is 4.90 Å². The van der Waals surface area contributed by atoms with Gasteiger partial charge in [-0.3, -0.25) is 9.59 Å². The third kappa shape index (κ3) is 3.76. The van der Waals surface area contributed by atoms with Crippen LogP contribution in [0.5, 0.6) is 0 Å². The lowest BCUT2D eigenvalue weighted by Crippen LogP contribution is -2.30. The maximum Gasteiger partial charge on any atom is 0.295 e. The predicted octanol–water partition coefficient (Wildman–Crippen LogP) is 5.49. The van der Waals surface area contributed by atoms with E-state index in [0.717, 1.165) is 28.0 Å². The van der Waals surface area contributed by atoms with Gasteiger partial charge in [0.25, 0.3) is 11.7 Å². The SMILES string of the molecule is CCCN1C(=O)C(=O)/C(=C(/O)c2cc(C(C)(C)C)ccc2C)C1c1sccc1C. The van der Waals surface area contributed by atoms with Crippen molar-refractivity contribution in [1.29, 1.82) is 0 Å². The Bertz CT molecular complexity index is 994. The average Bonchev–Trinajstić information content (AvgIpc) is 3.17. The highest BCUT2D eigenvalue weighted by Gasteiger charge is 2.46. The summed E-state index contributed by atoms with van der Waals surface area (Å²) in [6.07, 6.45) is 0.743. The first-order valence-electron chi connectivity index (χ1n) is 10.0. The fraction of sp³-hybridized carbons (Fsp3) is 0.417. The van der Waals surface area contributed by atoms with Crippen LogP contribution < -0.4 is 0 Å². The standard InChI is InChI=1S/C24H29NO3S/c1-7-11-25-19(22-15(3)10-12-29-22)18(21(27)23(25)28)20(26)17-13-16(24(4,5)6)9-8-14(17)2/h8-10,12-13,19,26H,7,11H2,1-6H3/b20-18+. The molecule has 5 heteroatoms. The van der Waals surface area contributed by atoms with Crippen molar-refractivity contribution in [3.8, 4) is 0 Å². The summed E-state index contributed by atoms with van der Waals surface area (Å²) >= 11 is 1.52. The lowest BCUT2D eigenvalue weighted by atomic mass is 9.84. The molecule has 29 heavy (non-hydrogen) atoms. The minimum Gasteiger partial charge on any atom is -0.507 e. The highest BCUT2D eigenvalue weighted by atomic mass is 32.1. The van der Waals surface area contributed by atoms with Gasteiger partial charge in [-0.1, -0.05) is 39.8 Å². The van der Waals surface area contributed by atoms with E-state index >= 15 is 0 Å². The maximum atomic E-state index is 13.0. The summed E-state index contributed by atoms with van der Waals surface area (Å²) in [6, 6.07) is 7.40. The van der Waals surface area contributed by atoms with Gasteiger partial charge in [-0.15, -0.1) is 11.3 Å². The van der Waals surface area contributed by atoms with Gasteiger partial charge in [0.15, 0.2) is 0 Å². The molecule has 0 saturated carbocycles. The van der Waals surface area contributed by atoms with Gasteiger partial charge in [-0.2, -0.15) is 0 Å². The molecule has 1 aliphatic rings. The smallest absolute Gasteiger partial charge is 0.295 e. The molecule has 1 atom stereocenters. The minimum atomic E-state index is -0.602. The van der Waals surface area contributed by atoms with Crippen LogP contribution in [0.25, 0.3) is 5.76 Å². The van der Waals surface area contributed by atoms with Crippen LogP contribution in [0.15, 0.2) is 35.2 Å². The van der Waals surface area contributed by atoms with Crippen LogP contribution in [0.4, 0.5) is 0 Å². The summed E-state index contributed by atoms with van der Waals surface area (Å²) in [6.45, 7) is 12.7. The van der Waals surface area contributed by atoms with Crippen molar-refractivity contribution >= 4 is 28.8 Å². The fourth-order valence-corrected chi connectivity index (χ4v) is 4.82. The molecule has 0 bridgehead atoms. The second-order valence-electron chi connectivity index (χ2n) is 8.74. The molecule has 1 amide bonds. The van der Waals surface area contributed by atoms with E-state index in [4.69, 9.17) is 0 Å². The number of nitrogens with zero attached hydrogens (tertiary/aromatic N) is 1. The third-order valence-electron chi connectivity index (χ3n) is 5.51. The van der Waals surface area contributed by atoms with Crippen LogP contribution >= 0.6 is 11.3 Å². The summed E-state index contributed by atoms with van der Waals surface area (Å²) in [5.41, 5.74) is 3.68. The van der Waals surface area contributed by atoms with Crippen molar-refractivity contribution in [3.63, 3.8) is 0 Å². The largest absolute Gasteiger partial charge is 0.507 e. The van der Waals surface area contributed by atoms with Crippen LogP contribution in [-0.2, 0) is 15.0 Å².